The molecule has 2 unspecified atom stereocenters. The minimum Gasteiger partial charge on any atom is -0.469 e. The van der Waals surface area contributed by atoms with Crippen LogP contribution in [0.25, 0.3) is 0 Å². The zero-order chi connectivity index (χ0) is 19.2. The summed E-state index contributed by atoms with van der Waals surface area (Å²) in [5, 5.41) is 12.7. The second-order valence-electron chi connectivity index (χ2n) is 11.1. The maximum absolute atomic E-state index is 12.7. The van der Waals surface area contributed by atoms with E-state index in [1.54, 1.807) is 0 Å². The Bertz CT molecular complexity index is 664. The summed E-state index contributed by atoms with van der Waals surface area (Å²) in [6.45, 7) is 8.15. The van der Waals surface area contributed by atoms with Crippen molar-refractivity contribution in [2.45, 2.75) is 90.3 Å². The van der Waals surface area contributed by atoms with Crippen LogP contribution < -0.4 is 0 Å². The van der Waals surface area contributed by atoms with Gasteiger partial charge < -0.3 is 9.84 Å². The molecule has 3 aliphatic heterocycles. The molecule has 2 aliphatic carbocycles. The molecule has 8 atom stereocenters. The number of hydrogen-bond acceptors (Lipinski definition) is 4. The normalized spacial score (nSPS) is 55.0. The van der Waals surface area contributed by atoms with Crippen LogP contribution in [0.2, 0.25) is 0 Å². The number of carbonyl (C=O) groups is 1. The lowest BCUT2D eigenvalue weighted by Crippen LogP contribution is -2.73. The van der Waals surface area contributed by atoms with Gasteiger partial charge in [0.05, 0.1) is 7.11 Å². The first-order chi connectivity index (χ1) is 12.8. The topological polar surface area (TPSA) is 49.8 Å². The molecule has 2 saturated carbocycles. The molecule has 5 bridgehead atoms. The maximum Gasteiger partial charge on any atom is 0.305 e. The van der Waals surface area contributed by atoms with E-state index in [1.807, 2.05) is 0 Å². The zero-order valence-corrected chi connectivity index (χ0v) is 17.6. The van der Waals surface area contributed by atoms with Gasteiger partial charge in [0.2, 0.25) is 0 Å². The van der Waals surface area contributed by atoms with Gasteiger partial charge in [-0.2, -0.15) is 0 Å². The van der Waals surface area contributed by atoms with Gasteiger partial charge in [-0.25, -0.2) is 0 Å². The number of esters is 1. The van der Waals surface area contributed by atoms with Crippen LogP contribution in [0.3, 0.4) is 0 Å². The molecule has 3 saturated heterocycles. The van der Waals surface area contributed by atoms with Gasteiger partial charge in [0.15, 0.2) is 0 Å². The molecule has 5 rings (SSSR count). The van der Waals surface area contributed by atoms with Crippen LogP contribution in [-0.4, -0.2) is 41.4 Å². The first-order valence-electron chi connectivity index (χ1n) is 11.3. The number of hydrogen-bond donors (Lipinski definition) is 1. The van der Waals surface area contributed by atoms with Gasteiger partial charge in [-0.05, 0) is 67.6 Å². The van der Waals surface area contributed by atoms with Crippen molar-refractivity contribution in [3.8, 4) is 0 Å². The molecule has 5 aliphatic rings. The van der Waals surface area contributed by atoms with Crippen LogP contribution in [-0.2, 0) is 9.53 Å². The quantitative estimate of drug-likeness (QED) is 0.756. The Morgan fingerprint density at radius 3 is 2.70 bits per heavy atom. The van der Waals surface area contributed by atoms with E-state index < -0.39 is 5.72 Å². The van der Waals surface area contributed by atoms with E-state index in [2.05, 4.69) is 25.7 Å². The van der Waals surface area contributed by atoms with E-state index in [-0.39, 0.29) is 16.8 Å². The number of aliphatic hydroxyl groups is 1. The number of carbonyl (C=O) groups excluding carboxylic acids is 1. The molecule has 3 heterocycles. The number of rotatable bonds is 4. The number of piperidine rings is 2. The average molecular weight is 376 g/mol. The van der Waals surface area contributed by atoms with Gasteiger partial charge in [0.1, 0.15) is 5.72 Å². The molecule has 4 heteroatoms. The van der Waals surface area contributed by atoms with Gasteiger partial charge in [-0.3, -0.25) is 9.69 Å². The fourth-order valence-corrected chi connectivity index (χ4v) is 9.59. The molecule has 1 spiro atoms. The number of methoxy groups -OCH3 is 1. The van der Waals surface area contributed by atoms with Crippen LogP contribution in [0.15, 0.2) is 0 Å². The molecule has 0 amide bonds. The minimum atomic E-state index is -0.744. The average Bonchev–Trinajstić information content (AvgIpc) is 3.01. The van der Waals surface area contributed by atoms with E-state index in [0.29, 0.717) is 35.6 Å². The number of ether oxygens (including phenoxy) is 1. The molecule has 0 aromatic carbocycles. The fourth-order valence-electron chi connectivity index (χ4n) is 9.59. The van der Waals surface area contributed by atoms with Gasteiger partial charge in [0.25, 0.3) is 0 Å². The van der Waals surface area contributed by atoms with Gasteiger partial charge in [0, 0.05) is 30.3 Å². The Kier molecular flexibility index (Phi) is 3.75. The summed E-state index contributed by atoms with van der Waals surface area (Å²) < 4.78 is 5.05. The van der Waals surface area contributed by atoms with E-state index >= 15 is 0 Å². The van der Waals surface area contributed by atoms with Crippen molar-refractivity contribution in [2.24, 2.45) is 34.0 Å². The summed E-state index contributed by atoms with van der Waals surface area (Å²) in [4.78, 5) is 14.8. The Hall–Kier alpha value is -0.610. The second kappa shape index (κ2) is 5.50. The lowest BCUT2D eigenvalue weighted by molar-refractivity contribution is -0.302. The lowest BCUT2D eigenvalue weighted by Gasteiger charge is -2.67. The van der Waals surface area contributed by atoms with Crippen LogP contribution >= 0.6 is 0 Å². The summed E-state index contributed by atoms with van der Waals surface area (Å²) in [5.74, 6) is 1.23. The summed E-state index contributed by atoms with van der Waals surface area (Å²) >= 11 is 0. The standard InChI is InChI=1S/C23H37NO3/c1-15(2)16-7-11-20(3)18-8-12-21-10-5-6-17(21)22(20,13-9-19(25)27-4)23(16,26)24(18)14-21/h15-18,26H,5-14H2,1-4H3/t16-,17-,18?,20+,21+,22-,23+/m1/s1. The van der Waals surface area contributed by atoms with E-state index in [1.165, 1.54) is 45.6 Å². The molecule has 1 N–H and O–H groups in total. The SMILES string of the molecule is COC(=O)CC[C@]12[C@@H]3CCC[C@@]34CCC3N(C4)[C@]1(O)[C@@H](C(C)C)CC[C@@]32C. The van der Waals surface area contributed by atoms with E-state index in [0.717, 1.165) is 19.4 Å². The third-order valence-electron chi connectivity index (χ3n) is 10.4. The Morgan fingerprint density at radius 1 is 1.22 bits per heavy atom. The maximum atomic E-state index is 12.7. The molecule has 0 radical (unpaired) electrons. The highest BCUT2D eigenvalue weighted by molar-refractivity contribution is 5.69. The van der Waals surface area contributed by atoms with Crippen molar-refractivity contribution in [1.29, 1.82) is 0 Å². The third-order valence-corrected chi connectivity index (χ3v) is 10.4. The Balaban J connectivity index is 1.71. The molecule has 0 aromatic heterocycles. The molecule has 5 fully saturated rings. The van der Waals surface area contributed by atoms with Crippen molar-refractivity contribution >= 4 is 5.97 Å². The summed E-state index contributed by atoms with van der Waals surface area (Å²) in [5.41, 5.74) is -0.396. The second-order valence-corrected chi connectivity index (χ2v) is 11.1. The van der Waals surface area contributed by atoms with Crippen LogP contribution in [0, 0.1) is 34.0 Å². The smallest absolute Gasteiger partial charge is 0.305 e. The molecular formula is C23H37NO3. The lowest BCUT2D eigenvalue weighted by atomic mass is 9.42. The summed E-state index contributed by atoms with van der Waals surface area (Å²) in [6.07, 6.45) is 9.99. The van der Waals surface area contributed by atoms with E-state index in [4.69, 9.17) is 4.74 Å². The fraction of sp³-hybridized carbons (Fsp3) is 0.957. The largest absolute Gasteiger partial charge is 0.469 e. The van der Waals surface area contributed by atoms with Crippen LogP contribution in [0.5, 0.6) is 0 Å². The van der Waals surface area contributed by atoms with Crippen molar-refractivity contribution in [3.63, 3.8) is 0 Å². The highest BCUT2D eigenvalue weighted by Crippen LogP contribution is 2.82. The summed E-state index contributed by atoms with van der Waals surface area (Å²) in [7, 11) is 1.50. The zero-order valence-electron chi connectivity index (χ0n) is 17.6. The van der Waals surface area contributed by atoms with Crippen LogP contribution in [0.4, 0.5) is 0 Å². The number of fused-ring (bicyclic) bond motifs is 1. The number of nitrogens with zero attached hydrogens (tertiary/aromatic N) is 1. The molecule has 4 nitrogen and oxygen atoms in total. The molecule has 0 aromatic rings. The highest BCUT2D eigenvalue weighted by atomic mass is 16.5. The first kappa shape index (κ1) is 18.4. The Labute approximate surface area is 164 Å². The molecular weight excluding hydrogens is 338 g/mol. The van der Waals surface area contributed by atoms with Gasteiger partial charge in [-0.15, -0.1) is 0 Å². The van der Waals surface area contributed by atoms with Crippen molar-refractivity contribution in [2.75, 3.05) is 13.7 Å². The predicted molar refractivity (Wildman–Crippen MR) is 104 cm³/mol. The van der Waals surface area contributed by atoms with Crippen LogP contribution in [0.1, 0.15) is 78.6 Å². The molecule has 152 valence electrons. The minimum absolute atomic E-state index is 0.112. The van der Waals surface area contributed by atoms with Crippen molar-refractivity contribution < 1.29 is 14.6 Å². The molecule has 27 heavy (non-hydrogen) atoms. The van der Waals surface area contributed by atoms with Crippen molar-refractivity contribution in [1.82, 2.24) is 4.90 Å². The van der Waals surface area contributed by atoms with E-state index in [9.17, 15) is 9.90 Å². The Morgan fingerprint density at radius 2 is 2.00 bits per heavy atom. The predicted octanol–water partition coefficient (Wildman–Crippen LogP) is 3.97. The summed E-state index contributed by atoms with van der Waals surface area (Å²) in [6, 6.07) is 0.486. The third kappa shape index (κ3) is 1.82. The monoisotopic (exact) mass is 375 g/mol. The first-order valence-corrected chi connectivity index (χ1v) is 11.3. The highest BCUT2D eigenvalue weighted by Gasteiger charge is 2.84. The van der Waals surface area contributed by atoms with Crippen molar-refractivity contribution in [3.05, 3.63) is 0 Å². The van der Waals surface area contributed by atoms with Gasteiger partial charge in [-0.1, -0.05) is 27.2 Å². The van der Waals surface area contributed by atoms with Gasteiger partial charge >= 0.3 is 5.97 Å².